The van der Waals surface area contributed by atoms with Crippen LogP contribution in [0.1, 0.15) is 26.3 Å². The van der Waals surface area contributed by atoms with Gasteiger partial charge in [0.25, 0.3) is 0 Å². The summed E-state index contributed by atoms with van der Waals surface area (Å²) in [4.78, 5) is 2.24. The van der Waals surface area contributed by atoms with E-state index < -0.39 is 5.60 Å². The van der Waals surface area contributed by atoms with Crippen LogP contribution < -0.4 is 4.90 Å². The average Bonchev–Trinajstić information content (AvgIpc) is 2.31. The minimum atomic E-state index is -1.18. The summed E-state index contributed by atoms with van der Waals surface area (Å²) < 4.78 is 0. The van der Waals surface area contributed by atoms with Crippen molar-refractivity contribution in [1.82, 2.24) is 0 Å². The minimum Gasteiger partial charge on any atom is -0.374 e. The van der Waals surface area contributed by atoms with Gasteiger partial charge >= 0.3 is 0 Å². The lowest BCUT2D eigenvalue weighted by molar-refractivity contribution is 0.122. The van der Waals surface area contributed by atoms with E-state index in [1.54, 1.807) is 6.92 Å². The van der Waals surface area contributed by atoms with Crippen LogP contribution in [0, 0.1) is 12.3 Å². The smallest absolute Gasteiger partial charge is 0.147 e. The second-order valence-electron chi connectivity index (χ2n) is 3.94. The number of hydrogen-bond donors (Lipinski definition) is 1. The molecule has 0 aromatic heterocycles. The summed E-state index contributed by atoms with van der Waals surface area (Å²) in [6.07, 6.45) is 5.28. The molecule has 0 aliphatic rings. The summed E-state index contributed by atoms with van der Waals surface area (Å²) in [6.45, 7) is 7.81. The quantitative estimate of drug-likeness (QED) is 0.783. The molecule has 1 atom stereocenters. The van der Waals surface area contributed by atoms with Gasteiger partial charge in [0, 0.05) is 18.8 Å². The maximum absolute atomic E-state index is 9.89. The first-order valence-electron chi connectivity index (χ1n) is 5.60. The first-order chi connectivity index (χ1) is 7.55. The Kier molecular flexibility index (Phi) is 3.98. The first-order valence-corrected chi connectivity index (χ1v) is 5.60. The summed E-state index contributed by atoms with van der Waals surface area (Å²) in [5.74, 6) is 2.38. The molecule has 0 heterocycles. The third kappa shape index (κ3) is 2.56. The first kappa shape index (κ1) is 12.6. The SMILES string of the molecule is C#CC(C)(O)c1ccc(N(CC)CC)cc1. The molecule has 16 heavy (non-hydrogen) atoms. The van der Waals surface area contributed by atoms with Crippen LogP contribution in [-0.2, 0) is 5.60 Å². The molecule has 0 spiro atoms. The highest BCUT2D eigenvalue weighted by Gasteiger charge is 2.19. The Morgan fingerprint density at radius 2 is 1.75 bits per heavy atom. The fraction of sp³-hybridized carbons (Fsp3) is 0.429. The van der Waals surface area contributed by atoms with Gasteiger partial charge in [-0.05, 0) is 38.5 Å². The van der Waals surface area contributed by atoms with E-state index >= 15 is 0 Å². The second kappa shape index (κ2) is 5.05. The zero-order chi connectivity index (χ0) is 12.2. The normalized spacial score (nSPS) is 13.9. The Bertz CT molecular complexity index is 369. The fourth-order valence-electron chi connectivity index (χ4n) is 1.67. The lowest BCUT2D eigenvalue weighted by Gasteiger charge is -2.23. The molecule has 0 saturated heterocycles. The highest BCUT2D eigenvalue weighted by molar-refractivity contribution is 5.49. The zero-order valence-corrected chi connectivity index (χ0v) is 10.2. The molecule has 0 fully saturated rings. The third-order valence-corrected chi connectivity index (χ3v) is 2.84. The van der Waals surface area contributed by atoms with E-state index in [-0.39, 0.29) is 0 Å². The van der Waals surface area contributed by atoms with Gasteiger partial charge < -0.3 is 10.0 Å². The van der Waals surface area contributed by atoms with Crippen molar-refractivity contribution >= 4 is 5.69 Å². The Morgan fingerprint density at radius 3 is 2.12 bits per heavy atom. The van der Waals surface area contributed by atoms with Crippen LogP contribution in [0.2, 0.25) is 0 Å². The summed E-state index contributed by atoms with van der Waals surface area (Å²) in [6, 6.07) is 7.75. The van der Waals surface area contributed by atoms with Crippen LogP contribution in [-0.4, -0.2) is 18.2 Å². The van der Waals surface area contributed by atoms with Crippen LogP contribution in [0.4, 0.5) is 5.69 Å². The van der Waals surface area contributed by atoms with E-state index in [2.05, 4.69) is 24.7 Å². The van der Waals surface area contributed by atoms with E-state index in [9.17, 15) is 5.11 Å². The van der Waals surface area contributed by atoms with E-state index in [0.29, 0.717) is 0 Å². The van der Waals surface area contributed by atoms with Gasteiger partial charge in [0.1, 0.15) is 5.60 Å². The number of nitrogens with zero attached hydrogens (tertiary/aromatic N) is 1. The van der Waals surface area contributed by atoms with Crippen molar-refractivity contribution in [3.05, 3.63) is 29.8 Å². The van der Waals surface area contributed by atoms with Gasteiger partial charge in [-0.15, -0.1) is 6.42 Å². The maximum Gasteiger partial charge on any atom is 0.147 e. The zero-order valence-electron chi connectivity index (χ0n) is 10.2. The van der Waals surface area contributed by atoms with Crippen molar-refractivity contribution < 1.29 is 5.11 Å². The Labute approximate surface area is 97.9 Å². The molecule has 0 aliphatic heterocycles. The molecule has 0 radical (unpaired) electrons. The van der Waals surface area contributed by atoms with E-state index in [1.165, 1.54) is 0 Å². The van der Waals surface area contributed by atoms with Crippen molar-refractivity contribution in [1.29, 1.82) is 0 Å². The lowest BCUT2D eigenvalue weighted by atomic mass is 9.97. The molecule has 2 nitrogen and oxygen atoms in total. The molecule has 1 rings (SSSR count). The van der Waals surface area contributed by atoms with Crippen molar-refractivity contribution in [2.45, 2.75) is 26.4 Å². The second-order valence-corrected chi connectivity index (χ2v) is 3.94. The van der Waals surface area contributed by atoms with Gasteiger partial charge in [-0.1, -0.05) is 18.1 Å². The fourth-order valence-corrected chi connectivity index (χ4v) is 1.67. The molecule has 86 valence electrons. The number of benzene rings is 1. The monoisotopic (exact) mass is 217 g/mol. The molecule has 1 aromatic carbocycles. The Hall–Kier alpha value is -1.46. The molecule has 1 aromatic rings. The van der Waals surface area contributed by atoms with Gasteiger partial charge in [-0.25, -0.2) is 0 Å². The molecule has 0 saturated carbocycles. The summed E-state index contributed by atoms with van der Waals surface area (Å²) in [7, 11) is 0. The molecular weight excluding hydrogens is 198 g/mol. The molecule has 0 bridgehead atoms. The van der Waals surface area contributed by atoms with Crippen LogP contribution in [0.25, 0.3) is 0 Å². The lowest BCUT2D eigenvalue weighted by Crippen LogP contribution is -2.22. The molecular formula is C14H19NO. The third-order valence-electron chi connectivity index (χ3n) is 2.84. The summed E-state index contributed by atoms with van der Waals surface area (Å²) in [5.41, 5.74) is 0.731. The van der Waals surface area contributed by atoms with Crippen molar-refractivity contribution in [2.75, 3.05) is 18.0 Å². The topological polar surface area (TPSA) is 23.5 Å². The average molecular weight is 217 g/mol. The van der Waals surface area contributed by atoms with Crippen LogP contribution in [0.15, 0.2) is 24.3 Å². The van der Waals surface area contributed by atoms with E-state index in [0.717, 1.165) is 24.3 Å². The summed E-state index contributed by atoms with van der Waals surface area (Å²) >= 11 is 0. The van der Waals surface area contributed by atoms with Gasteiger partial charge in [-0.2, -0.15) is 0 Å². The van der Waals surface area contributed by atoms with E-state index in [1.807, 2.05) is 24.3 Å². The molecule has 0 aliphatic carbocycles. The molecule has 0 amide bonds. The summed E-state index contributed by atoms with van der Waals surface area (Å²) in [5, 5.41) is 9.89. The van der Waals surface area contributed by atoms with Gasteiger partial charge in [0.15, 0.2) is 0 Å². The number of anilines is 1. The van der Waals surface area contributed by atoms with Crippen LogP contribution in [0.3, 0.4) is 0 Å². The predicted molar refractivity (Wildman–Crippen MR) is 68.4 cm³/mol. The van der Waals surface area contributed by atoms with Crippen molar-refractivity contribution in [3.63, 3.8) is 0 Å². The Morgan fingerprint density at radius 1 is 1.25 bits per heavy atom. The highest BCUT2D eigenvalue weighted by Crippen LogP contribution is 2.22. The minimum absolute atomic E-state index is 0.755. The predicted octanol–water partition coefficient (Wildman–Crippen LogP) is 2.37. The molecule has 1 unspecified atom stereocenters. The number of aliphatic hydroxyl groups is 1. The molecule has 2 heteroatoms. The van der Waals surface area contributed by atoms with Crippen LogP contribution in [0.5, 0.6) is 0 Å². The van der Waals surface area contributed by atoms with E-state index in [4.69, 9.17) is 6.42 Å². The largest absolute Gasteiger partial charge is 0.374 e. The van der Waals surface area contributed by atoms with Gasteiger partial charge in [0.05, 0.1) is 0 Å². The standard InChI is InChI=1S/C14H19NO/c1-5-14(4,16)12-8-10-13(11-9-12)15(6-2)7-3/h1,8-11,16H,6-7H2,2-4H3. The number of hydrogen-bond acceptors (Lipinski definition) is 2. The van der Waals surface area contributed by atoms with Gasteiger partial charge in [0.2, 0.25) is 0 Å². The number of rotatable bonds is 4. The molecule has 1 N–H and O–H groups in total. The highest BCUT2D eigenvalue weighted by atomic mass is 16.3. The van der Waals surface area contributed by atoms with Crippen molar-refractivity contribution in [3.8, 4) is 12.3 Å². The van der Waals surface area contributed by atoms with Crippen LogP contribution >= 0.6 is 0 Å². The van der Waals surface area contributed by atoms with Gasteiger partial charge in [-0.3, -0.25) is 0 Å². The number of terminal acetylenes is 1. The van der Waals surface area contributed by atoms with Crippen molar-refractivity contribution in [2.24, 2.45) is 0 Å². The Balaban J connectivity index is 2.96. The maximum atomic E-state index is 9.89.